The number of aliphatic carboxylic acids is 1. The van der Waals surface area contributed by atoms with Crippen molar-refractivity contribution in [3.05, 3.63) is 35.4 Å². The summed E-state index contributed by atoms with van der Waals surface area (Å²) >= 11 is 9.37. The van der Waals surface area contributed by atoms with E-state index >= 15 is 0 Å². The molecule has 0 amide bonds. The largest absolute Gasteiger partial charge is 0.481 e. The number of hydrogen-bond acceptors (Lipinski definition) is 5. The van der Waals surface area contributed by atoms with Crippen molar-refractivity contribution in [2.24, 2.45) is 5.92 Å². The van der Waals surface area contributed by atoms with Gasteiger partial charge in [0.2, 0.25) is 0 Å². The van der Waals surface area contributed by atoms with Crippen LogP contribution in [0, 0.1) is 5.92 Å². The van der Waals surface area contributed by atoms with Crippen LogP contribution in [0.1, 0.15) is 24.0 Å². The van der Waals surface area contributed by atoms with Crippen LogP contribution in [0.2, 0.25) is 0 Å². The second-order valence-corrected chi connectivity index (χ2v) is 9.78. The third kappa shape index (κ3) is 8.20. The summed E-state index contributed by atoms with van der Waals surface area (Å²) in [5, 5.41) is 18.7. The molecule has 0 saturated heterocycles. The molecule has 0 unspecified atom stereocenters. The van der Waals surface area contributed by atoms with Gasteiger partial charge in [-0.1, -0.05) is 12.1 Å². The molecule has 0 radical (unpaired) electrons. The minimum Gasteiger partial charge on any atom is -0.481 e. The number of halogens is 4. The summed E-state index contributed by atoms with van der Waals surface area (Å²) < 4.78 is 44.0. The molecule has 4 atom stereocenters. The molecule has 2 rings (SSSR count). The molecule has 1 aromatic carbocycles. The average molecular weight is 473 g/mol. The Labute approximate surface area is 181 Å². The SMILES string of the molecule is O=C(O)CSCCCS[C@@H]1[C@@H](COCc2cccc(C(F)(F)F)c2)[C@H](O)C[C@H]1Cl. The number of ether oxygens (including phenoxy) is 1. The predicted octanol–water partition coefficient (Wildman–Crippen LogP) is 4.52. The number of hydrogen-bond donors (Lipinski definition) is 2. The lowest BCUT2D eigenvalue weighted by Crippen LogP contribution is -2.28. The van der Waals surface area contributed by atoms with Gasteiger partial charge in [0.1, 0.15) is 0 Å². The first-order chi connectivity index (χ1) is 13.7. The molecule has 1 aliphatic carbocycles. The first kappa shape index (κ1) is 24.7. The Balaban J connectivity index is 1.79. The average Bonchev–Trinajstić information content (AvgIpc) is 2.90. The summed E-state index contributed by atoms with van der Waals surface area (Å²) in [4.78, 5) is 10.5. The molecule has 1 saturated carbocycles. The van der Waals surface area contributed by atoms with Gasteiger partial charge in [-0.2, -0.15) is 36.7 Å². The lowest BCUT2D eigenvalue weighted by Gasteiger charge is -2.23. The summed E-state index contributed by atoms with van der Waals surface area (Å²) in [7, 11) is 0. The van der Waals surface area contributed by atoms with Gasteiger partial charge in [-0.3, -0.25) is 4.79 Å². The Hall–Kier alpha value is -0.610. The van der Waals surface area contributed by atoms with Crippen LogP contribution in [-0.2, 0) is 22.3 Å². The first-order valence-corrected chi connectivity index (χ1v) is 11.8. The van der Waals surface area contributed by atoms with Crippen LogP contribution in [0.3, 0.4) is 0 Å². The number of aliphatic hydroxyl groups is 1. The number of carboxylic acids is 1. The first-order valence-electron chi connectivity index (χ1n) is 9.15. The topological polar surface area (TPSA) is 66.8 Å². The minimum absolute atomic E-state index is 0.0161. The van der Waals surface area contributed by atoms with Gasteiger partial charge in [-0.15, -0.1) is 11.6 Å². The van der Waals surface area contributed by atoms with Gasteiger partial charge < -0.3 is 14.9 Å². The van der Waals surface area contributed by atoms with Gasteiger partial charge in [0, 0.05) is 16.5 Å². The van der Waals surface area contributed by atoms with Crippen LogP contribution in [0.4, 0.5) is 13.2 Å². The van der Waals surface area contributed by atoms with Crippen molar-refractivity contribution in [2.75, 3.05) is 23.9 Å². The van der Waals surface area contributed by atoms with Gasteiger partial charge in [-0.25, -0.2) is 0 Å². The van der Waals surface area contributed by atoms with Crippen LogP contribution in [0.25, 0.3) is 0 Å². The van der Waals surface area contributed by atoms with Crippen LogP contribution < -0.4 is 0 Å². The monoisotopic (exact) mass is 472 g/mol. The predicted molar refractivity (Wildman–Crippen MR) is 111 cm³/mol. The molecule has 10 heteroatoms. The Morgan fingerprint density at radius 3 is 2.76 bits per heavy atom. The van der Waals surface area contributed by atoms with Crippen LogP contribution in [-0.4, -0.2) is 56.8 Å². The van der Waals surface area contributed by atoms with Gasteiger partial charge in [0.05, 0.1) is 30.6 Å². The summed E-state index contributed by atoms with van der Waals surface area (Å²) in [5.74, 6) is 0.576. The molecule has 0 bridgehead atoms. The zero-order valence-corrected chi connectivity index (χ0v) is 18.0. The molecule has 0 aromatic heterocycles. The van der Waals surface area contributed by atoms with Crippen LogP contribution in [0.15, 0.2) is 24.3 Å². The maximum absolute atomic E-state index is 12.8. The van der Waals surface area contributed by atoms with Gasteiger partial charge in [0.15, 0.2) is 0 Å². The molecule has 0 spiro atoms. The maximum Gasteiger partial charge on any atom is 0.416 e. The highest BCUT2D eigenvalue weighted by Gasteiger charge is 2.41. The molecule has 29 heavy (non-hydrogen) atoms. The molecule has 0 heterocycles. The molecular formula is C19H24ClF3O4S2. The molecule has 2 N–H and O–H groups in total. The molecule has 1 fully saturated rings. The van der Waals surface area contributed by atoms with E-state index in [0.29, 0.717) is 12.0 Å². The summed E-state index contributed by atoms with van der Waals surface area (Å²) in [6.07, 6.45) is -3.73. The molecule has 1 aromatic rings. The van der Waals surface area contributed by atoms with E-state index in [-0.39, 0.29) is 35.5 Å². The van der Waals surface area contributed by atoms with E-state index in [1.54, 1.807) is 17.8 Å². The van der Waals surface area contributed by atoms with E-state index in [0.717, 1.165) is 30.1 Å². The van der Waals surface area contributed by atoms with Gasteiger partial charge in [0.25, 0.3) is 0 Å². The standard InChI is InChI=1S/C19H24ClF3O4S2/c20-15-8-16(24)14(18(15)29-6-2-5-28-11-17(25)26)10-27-9-12-3-1-4-13(7-12)19(21,22)23/h1,3-4,7,14-16,18,24H,2,5-6,8-11H2,(H,25,26)/t14-,15+,16+,18+/m0/s1. The Bertz CT molecular complexity index is 663. The van der Waals surface area contributed by atoms with E-state index in [2.05, 4.69) is 0 Å². The second-order valence-electron chi connectivity index (χ2n) is 6.83. The molecule has 4 nitrogen and oxygen atoms in total. The molecular weight excluding hydrogens is 449 g/mol. The third-order valence-corrected chi connectivity index (χ3v) is 7.76. The van der Waals surface area contributed by atoms with Crippen molar-refractivity contribution in [3.8, 4) is 0 Å². The number of thioether (sulfide) groups is 2. The van der Waals surface area contributed by atoms with E-state index in [1.807, 2.05) is 0 Å². The lowest BCUT2D eigenvalue weighted by molar-refractivity contribution is -0.137. The normalized spacial score (nSPS) is 24.7. The van der Waals surface area contributed by atoms with Gasteiger partial charge >= 0.3 is 12.1 Å². The fourth-order valence-corrected chi connectivity index (χ4v) is 6.00. The maximum atomic E-state index is 12.8. The number of aliphatic hydroxyl groups excluding tert-OH is 1. The number of carboxylic acid groups (broad SMARTS) is 1. The summed E-state index contributed by atoms with van der Waals surface area (Å²) in [6, 6.07) is 5.01. The number of rotatable bonds is 11. The van der Waals surface area contributed by atoms with Crippen molar-refractivity contribution in [1.29, 1.82) is 0 Å². The van der Waals surface area contributed by atoms with Crippen molar-refractivity contribution in [3.63, 3.8) is 0 Å². The lowest BCUT2D eigenvalue weighted by atomic mass is 10.1. The zero-order chi connectivity index (χ0) is 21.4. The molecule has 164 valence electrons. The van der Waals surface area contributed by atoms with Crippen molar-refractivity contribution < 1.29 is 32.9 Å². The zero-order valence-electron chi connectivity index (χ0n) is 15.6. The van der Waals surface area contributed by atoms with Crippen LogP contribution >= 0.6 is 35.1 Å². The smallest absolute Gasteiger partial charge is 0.416 e. The Morgan fingerprint density at radius 1 is 1.31 bits per heavy atom. The van der Waals surface area contributed by atoms with E-state index in [9.17, 15) is 23.1 Å². The third-order valence-electron chi connectivity index (χ3n) is 4.54. The van der Waals surface area contributed by atoms with Crippen molar-refractivity contribution in [2.45, 2.75) is 42.4 Å². The second kappa shape index (κ2) is 11.7. The van der Waals surface area contributed by atoms with Crippen molar-refractivity contribution >= 4 is 41.1 Å². The summed E-state index contributed by atoms with van der Waals surface area (Å²) in [6.45, 7) is 0.245. The fraction of sp³-hybridized carbons (Fsp3) is 0.632. The van der Waals surface area contributed by atoms with Crippen molar-refractivity contribution in [1.82, 2.24) is 0 Å². The summed E-state index contributed by atoms with van der Waals surface area (Å²) in [5.41, 5.74) is -0.288. The Kier molecular flexibility index (Phi) is 9.94. The van der Waals surface area contributed by atoms with E-state index in [4.69, 9.17) is 21.4 Å². The minimum atomic E-state index is -4.39. The highest BCUT2D eigenvalue weighted by molar-refractivity contribution is 8.00. The van der Waals surface area contributed by atoms with E-state index in [1.165, 1.54) is 17.8 Å². The molecule has 1 aliphatic rings. The van der Waals surface area contributed by atoms with Crippen LogP contribution in [0.5, 0.6) is 0 Å². The highest BCUT2D eigenvalue weighted by Crippen LogP contribution is 2.39. The fourth-order valence-electron chi connectivity index (χ4n) is 3.15. The number of alkyl halides is 4. The number of carbonyl (C=O) groups is 1. The Morgan fingerprint density at radius 2 is 2.07 bits per heavy atom. The highest BCUT2D eigenvalue weighted by atomic mass is 35.5. The quantitative estimate of drug-likeness (QED) is 0.364. The van der Waals surface area contributed by atoms with Gasteiger partial charge in [-0.05, 0) is 42.0 Å². The molecule has 0 aliphatic heterocycles. The number of benzene rings is 1. The van der Waals surface area contributed by atoms with E-state index < -0.39 is 23.8 Å².